The summed E-state index contributed by atoms with van der Waals surface area (Å²) < 4.78 is 2.08. The molecule has 1 fully saturated rings. The van der Waals surface area contributed by atoms with Gasteiger partial charge in [-0.2, -0.15) is 0 Å². The molecule has 0 atom stereocenters. The van der Waals surface area contributed by atoms with Crippen molar-refractivity contribution >= 4 is 52.8 Å². The lowest BCUT2D eigenvalue weighted by Gasteiger charge is -2.27. The summed E-state index contributed by atoms with van der Waals surface area (Å²) in [5.74, 6) is -1.54. The number of carbonyl (C=O) groups is 3. The van der Waals surface area contributed by atoms with Crippen molar-refractivity contribution in [3.63, 3.8) is 0 Å². The molecular weight excluding hydrogens is 461 g/mol. The Labute approximate surface area is 201 Å². The van der Waals surface area contributed by atoms with Crippen molar-refractivity contribution in [2.24, 2.45) is 0 Å². The number of amides is 4. The van der Waals surface area contributed by atoms with Crippen LogP contribution in [-0.2, 0) is 9.59 Å². The molecule has 1 aromatic heterocycles. The molecule has 4 rings (SSSR count). The molecule has 4 amide bonds. The first kappa shape index (κ1) is 22.8. The van der Waals surface area contributed by atoms with Crippen LogP contribution in [0.5, 0.6) is 0 Å². The molecule has 1 saturated heterocycles. The lowest BCUT2D eigenvalue weighted by atomic mass is 10.1. The highest BCUT2D eigenvalue weighted by atomic mass is 35.5. The van der Waals surface area contributed by atoms with Crippen molar-refractivity contribution in [2.45, 2.75) is 27.7 Å². The van der Waals surface area contributed by atoms with Crippen molar-refractivity contribution < 1.29 is 14.4 Å². The van der Waals surface area contributed by atoms with Gasteiger partial charge >= 0.3 is 6.03 Å². The van der Waals surface area contributed by atoms with Crippen molar-refractivity contribution in [2.75, 3.05) is 4.90 Å². The predicted octanol–water partition coefficient (Wildman–Crippen LogP) is 5.68. The van der Waals surface area contributed by atoms with Gasteiger partial charge in [-0.3, -0.25) is 14.9 Å². The second-order valence-corrected chi connectivity index (χ2v) is 8.70. The van der Waals surface area contributed by atoms with Gasteiger partial charge in [0, 0.05) is 17.1 Å². The zero-order valence-electron chi connectivity index (χ0n) is 18.5. The van der Waals surface area contributed by atoms with Crippen LogP contribution in [-0.4, -0.2) is 22.4 Å². The van der Waals surface area contributed by atoms with Crippen LogP contribution >= 0.6 is 23.2 Å². The third-order valence-corrected chi connectivity index (χ3v) is 6.67. The summed E-state index contributed by atoms with van der Waals surface area (Å²) >= 11 is 12.3. The first-order valence-corrected chi connectivity index (χ1v) is 11.0. The summed E-state index contributed by atoms with van der Waals surface area (Å²) in [7, 11) is 0. The van der Waals surface area contributed by atoms with Gasteiger partial charge in [0.1, 0.15) is 5.57 Å². The van der Waals surface area contributed by atoms with E-state index in [1.54, 1.807) is 12.1 Å². The number of aryl methyl sites for hydroxylation is 2. The number of imide groups is 2. The third-order valence-electron chi connectivity index (χ3n) is 5.86. The Balaban J connectivity index is 1.81. The van der Waals surface area contributed by atoms with E-state index in [4.69, 9.17) is 23.2 Å². The number of rotatable bonds is 3. The van der Waals surface area contributed by atoms with Crippen LogP contribution in [0, 0.1) is 27.7 Å². The summed E-state index contributed by atoms with van der Waals surface area (Å²) in [5.41, 5.74) is 5.75. The van der Waals surface area contributed by atoms with Gasteiger partial charge in [-0.05, 0) is 74.7 Å². The first-order chi connectivity index (χ1) is 15.6. The smallest absolute Gasteiger partial charge is 0.318 e. The average molecular weight is 482 g/mol. The Bertz CT molecular complexity index is 1370. The summed E-state index contributed by atoms with van der Waals surface area (Å²) in [4.78, 5) is 39.2. The number of barbiturate groups is 1. The van der Waals surface area contributed by atoms with E-state index in [-0.39, 0.29) is 21.3 Å². The number of hydrogen-bond donors (Lipinski definition) is 1. The quantitative estimate of drug-likeness (QED) is 0.386. The summed E-state index contributed by atoms with van der Waals surface area (Å²) in [6, 6.07) is 11.7. The van der Waals surface area contributed by atoms with Crippen LogP contribution < -0.4 is 10.2 Å². The minimum atomic E-state index is -0.882. The van der Waals surface area contributed by atoms with E-state index >= 15 is 0 Å². The molecule has 33 heavy (non-hydrogen) atoms. The molecule has 0 aliphatic carbocycles. The molecule has 0 saturated carbocycles. The fourth-order valence-electron chi connectivity index (χ4n) is 3.98. The maximum absolute atomic E-state index is 13.3. The molecule has 168 valence electrons. The van der Waals surface area contributed by atoms with Gasteiger partial charge in [-0.25, -0.2) is 9.69 Å². The number of urea groups is 1. The molecule has 6 nitrogen and oxygen atoms in total. The number of nitrogens with one attached hydrogen (secondary N) is 1. The first-order valence-electron chi connectivity index (χ1n) is 10.2. The molecule has 2 aromatic carbocycles. The largest absolute Gasteiger partial charge is 0.336 e. The fourth-order valence-corrected chi connectivity index (χ4v) is 4.36. The van der Waals surface area contributed by atoms with E-state index in [9.17, 15) is 14.4 Å². The summed E-state index contributed by atoms with van der Waals surface area (Å²) in [6.07, 6.45) is 1.50. The van der Waals surface area contributed by atoms with E-state index in [0.29, 0.717) is 5.56 Å². The number of hydrogen-bond acceptors (Lipinski definition) is 3. The number of aromatic nitrogens is 1. The van der Waals surface area contributed by atoms with Crippen LogP contribution in [0.15, 0.2) is 48.0 Å². The Hall–Kier alpha value is -3.35. The molecule has 0 spiro atoms. The van der Waals surface area contributed by atoms with Crippen LogP contribution in [0.3, 0.4) is 0 Å². The molecule has 3 aromatic rings. The zero-order chi connectivity index (χ0) is 24.0. The van der Waals surface area contributed by atoms with Crippen molar-refractivity contribution in [3.05, 3.63) is 86.2 Å². The highest BCUT2D eigenvalue weighted by Crippen LogP contribution is 2.34. The normalized spacial score (nSPS) is 15.4. The van der Waals surface area contributed by atoms with E-state index in [1.165, 1.54) is 12.1 Å². The molecule has 0 bridgehead atoms. The zero-order valence-corrected chi connectivity index (χ0v) is 20.0. The van der Waals surface area contributed by atoms with E-state index < -0.39 is 17.8 Å². The molecule has 0 radical (unpaired) electrons. The Morgan fingerprint density at radius 2 is 1.58 bits per heavy atom. The van der Waals surface area contributed by atoms with Crippen molar-refractivity contribution in [3.8, 4) is 5.69 Å². The van der Waals surface area contributed by atoms with Crippen LogP contribution in [0.4, 0.5) is 10.5 Å². The predicted molar refractivity (Wildman–Crippen MR) is 130 cm³/mol. The molecule has 0 unspecified atom stereocenters. The lowest BCUT2D eigenvalue weighted by molar-refractivity contribution is -0.122. The molecule has 2 heterocycles. The maximum Gasteiger partial charge on any atom is 0.336 e. The number of benzene rings is 2. The highest BCUT2D eigenvalue weighted by Gasteiger charge is 2.38. The molecule has 1 N–H and O–H groups in total. The standard InChI is InChI=1S/C25H21Cl2N3O3/c1-13-7-5-9-20(15(13)3)29-14(2)11-17(16(29)4)12-18-23(31)28-25(33)30(24(18)32)21-10-6-8-19(26)22(21)27/h5-12H,1-4H3,(H,28,31,33)/b18-12+. The maximum atomic E-state index is 13.3. The minimum Gasteiger partial charge on any atom is -0.318 e. The van der Waals surface area contributed by atoms with Crippen molar-refractivity contribution in [1.29, 1.82) is 0 Å². The average Bonchev–Trinajstić information content (AvgIpc) is 3.03. The number of halogens is 2. The lowest BCUT2D eigenvalue weighted by Crippen LogP contribution is -2.54. The Kier molecular flexibility index (Phi) is 5.91. The van der Waals surface area contributed by atoms with Gasteiger partial charge in [0.05, 0.1) is 15.7 Å². The van der Waals surface area contributed by atoms with Crippen LogP contribution in [0.1, 0.15) is 28.1 Å². The van der Waals surface area contributed by atoms with Crippen LogP contribution in [0.2, 0.25) is 10.0 Å². The van der Waals surface area contributed by atoms with E-state index in [1.807, 2.05) is 45.0 Å². The highest BCUT2D eigenvalue weighted by molar-refractivity contribution is 6.46. The summed E-state index contributed by atoms with van der Waals surface area (Å²) in [6.45, 7) is 7.98. The second kappa shape index (κ2) is 8.54. The van der Waals surface area contributed by atoms with Crippen molar-refractivity contribution in [1.82, 2.24) is 9.88 Å². The monoisotopic (exact) mass is 481 g/mol. The van der Waals surface area contributed by atoms with E-state index in [0.717, 1.165) is 33.1 Å². The molecule has 8 heteroatoms. The second-order valence-electron chi connectivity index (χ2n) is 7.91. The van der Waals surface area contributed by atoms with Gasteiger partial charge in [-0.1, -0.05) is 41.4 Å². The third kappa shape index (κ3) is 3.86. The number of carbonyl (C=O) groups excluding carboxylic acids is 3. The number of anilines is 1. The van der Waals surface area contributed by atoms with Crippen LogP contribution in [0.25, 0.3) is 11.8 Å². The number of nitrogens with zero attached hydrogens (tertiary/aromatic N) is 2. The minimum absolute atomic E-state index is 0.0458. The Morgan fingerprint density at radius 1 is 0.909 bits per heavy atom. The summed E-state index contributed by atoms with van der Waals surface area (Å²) in [5, 5.41) is 2.45. The van der Waals surface area contributed by atoms with Gasteiger partial charge < -0.3 is 4.57 Å². The molecule has 1 aliphatic heterocycles. The van der Waals surface area contributed by atoms with Gasteiger partial charge in [0.2, 0.25) is 0 Å². The molecule has 1 aliphatic rings. The topological polar surface area (TPSA) is 71.4 Å². The fraction of sp³-hybridized carbons (Fsp3) is 0.160. The Morgan fingerprint density at radius 3 is 2.30 bits per heavy atom. The SMILES string of the molecule is Cc1cccc(-n2c(C)cc(/C=C3\C(=O)NC(=O)N(c4cccc(Cl)c4Cl)C3=O)c2C)c1C. The van der Waals surface area contributed by atoms with Gasteiger partial charge in [0.25, 0.3) is 11.8 Å². The van der Waals surface area contributed by atoms with Gasteiger partial charge in [-0.15, -0.1) is 0 Å². The van der Waals surface area contributed by atoms with E-state index in [2.05, 4.69) is 16.8 Å². The molecular formula is C25H21Cl2N3O3. The van der Waals surface area contributed by atoms with Gasteiger partial charge in [0.15, 0.2) is 0 Å².